The number of aromatic amines is 1. The van der Waals surface area contributed by atoms with Crippen LogP contribution in [0.3, 0.4) is 0 Å². The van der Waals surface area contributed by atoms with Crippen LogP contribution in [-0.2, 0) is 6.42 Å². The quantitative estimate of drug-likeness (QED) is 0.249. The third-order valence-corrected chi connectivity index (χ3v) is 9.15. The van der Waals surface area contributed by atoms with Gasteiger partial charge >= 0.3 is 0 Å². The zero-order valence-electron chi connectivity index (χ0n) is 23.7. The Morgan fingerprint density at radius 1 is 1.00 bits per heavy atom. The van der Waals surface area contributed by atoms with Crippen LogP contribution >= 0.6 is 11.8 Å². The largest absolute Gasteiger partial charge is 0.454 e. The number of nitrogens with zero attached hydrogens (tertiary/aromatic N) is 4. The maximum Gasteiger partial charge on any atom is 0.257 e. The number of likely N-dealkylation sites (N-methyl/N-ethyl adjacent to an activating group) is 1. The second kappa shape index (κ2) is 11.2. The minimum Gasteiger partial charge on any atom is -0.454 e. The van der Waals surface area contributed by atoms with Gasteiger partial charge in [-0.05, 0) is 53.8 Å². The van der Waals surface area contributed by atoms with Gasteiger partial charge in [-0.25, -0.2) is 4.98 Å². The van der Waals surface area contributed by atoms with E-state index < -0.39 is 0 Å². The molecule has 0 aliphatic carbocycles. The minimum atomic E-state index is -0.127. The van der Waals surface area contributed by atoms with E-state index in [-0.39, 0.29) is 18.7 Å². The lowest BCUT2D eigenvalue weighted by Gasteiger charge is -2.32. The molecular weight excluding hydrogens is 546 g/mol. The number of carbonyl (C=O) groups excluding carboxylic acids is 1. The van der Waals surface area contributed by atoms with Crippen molar-refractivity contribution in [2.75, 3.05) is 46.3 Å². The average Bonchev–Trinajstić information content (AvgIpc) is 3.79. The second-order valence-electron chi connectivity index (χ2n) is 10.9. The number of carbonyl (C=O) groups is 1. The van der Waals surface area contributed by atoms with Gasteiger partial charge in [0.05, 0.1) is 34.8 Å². The molecule has 2 aromatic heterocycles. The summed E-state index contributed by atoms with van der Waals surface area (Å²) >= 11 is 1.62. The highest BCUT2D eigenvalue weighted by molar-refractivity contribution is 7.98. The zero-order valence-corrected chi connectivity index (χ0v) is 24.6. The minimum absolute atomic E-state index is 0.0839. The van der Waals surface area contributed by atoms with Crippen LogP contribution in [0.5, 0.6) is 11.5 Å². The first-order chi connectivity index (χ1) is 20.6. The van der Waals surface area contributed by atoms with Gasteiger partial charge in [-0.3, -0.25) is 4.79 Å². The Morgan fingerprint density at radius 3 is 2.62 bits per heavy atom. The molecule has 0 saturated carbocycles. The molecular formula is C33H33N5O3S. The van der Waals surface area contributed by atoms with Crippen molar-refractivity contribution < 1.29 is 14.3 Å². The lowest BCUT2D eigenvalue weighted by molar-refractivity contribution is 0.0660. The van der Waals surface area contributed by atoms with Gasteiger partial charge in [0.25, 0.3) is 5.91 Å². The van der Waals surface area contributed by atoms with E-state index in [4.69, 9.17) is 9.47 Å². The average molecular weight is 580 g/mol. The molecule has 3 aromatic carbocycles. The summed E-state index contributed by atoms with van der Waals surface area (Å²) in [7, 11) is 2.11. The highest BCUT2D eigenvalue weighted by atomic mass is 32.2. The molecule has 5 aromatic rings. The zero-order chi connectivity index (χ0) is 28.6. The van der Waals surface area contributed by atoms with Crippen molar-refractivity contribution in [3.63, 3.8) is 0 Å². The van der Waals surface area contributed by atoms with Crippen LogP contribution in [-0.4, -0.2) is 76.5 Å². The lowest BCUT2D eigenvalue weighted by atomic mass is 9.97. The SMILES string of the molecule is CSc1c(C(=O)N2CCN(C)CC2)c(-c2cccc3ccccc23)cn1C(Cc1ccc2c(c1)OCO2)c1cnc[nH]1. The van der Waals surface area contributed by atoms with Gasteiger partial charge < -0.3 is 28.8 Å². The van der Waals surface area contributed by atoms with Crippen molar-refractivity contribution in [1.29, 1.82) is 0 Å². The molecule has 1 N–H and O–H groups in total. The first-order valence-electron chi connectivity index (χ1n) is 14.2. The summed E-state index contributed by atoms with van der Waals surface area (Å²) in [4.78, 5) is 26.5. The standard InChI is InChI=1S/C33H33N5O3S/c1-36-12-14-37(15-13-36)32(39)31-26(25-9-5-7-23-6-3-4-8-24(23)25)19-38(33(31)42-2)28(27-18-34-20-35-27)16-22-10-11-29-30(17-22)41-21-40-29/h3-11,17-20,28H,12-16,21H2,1-2H3,(H,34,35). The molecule has 214 valence electrons. The van der Waals surface area contributed by atoms with Gasteiger partial charge in [0, 0.05) is 37.9 Å². The molecule has 4 heterocycles. The van der Waals surface area contributed by atoms with E-state index in [9.17, 15) is 4.79 Å². The summed E-state index contributed by atoms with van der Waals surface area (Å²) in [5, 5.41) is 3.23. The number of fused-ring (bicyclic) bond motifs is 2. The lowest BCUT2D eigenvalue weighted by Crippen LogP contribution is -2.47. The van der Waals surface area contributed by atoms with Crippen molar-refractivity contribution in [2.24, 2.45) is 0 Å². The molecule has 8 nitrogen and oxygen atoms in total. The van der Waals surface area contributed by atoms with Crippen molar-refractivity contribution in [1.82, 2.24) is 24.3 Å². The van der Waals surface area contributed by atoms with Crippen LogP contribution in [0.25, 0.3) is 21.9 Å². The monoisotopic (exact) mass is 579 g/mol. The summed E-state index contributed by atoms with van der Waals surface area (Å²) < 4.78 is 13.5. The van der Waals surface area contributed by atoms with E-state index in [2.05, 4.69) is 93.5 Å². The number of amides is 1. The number of piperazine rings is 1. The van der Waals surface area contributed by atoms with Crippen LogP contribution < -0.4 is 9.47 Å². The van der Waals surface area contributed by atoms with Crippen molar-refractivity contribution in [2.45, 2.75) is 17.5 Å². The van der Waals surface area contributed by atoms with Gasteiger partial charge in [0.1, 0.15) is 0 Å². The second-order valence-corrected chi connectivity index (χ2v) is 11.7. The van der Waals surface area contributed by atoms with E-state index in [0.29, 0.717) is 19.5 Å². The summed E-state index contributed by atoms with van der Waals surface area (Å²) in [5.74, 6) is 1.61. The normalized spacial score (nSPS) is 15.8. The summed E-state index contributed by atoms with van der Waals surface area (Å²) in [6.07, 6.45) is 8.51. The molecule has 7 rings (SSSR count). The number of ether oxygens (including phenoxy) is 2. The molecule has 1 saturated heterocycles. The van der Waals surface area contributed by atoms with Gasteiger partial charge in [0.15, 0.2) is 11.5 Å². The number of rotatable bonds is 7. The van der Waals surface area contributed by atoms with Crippen LogP contribution in [0, 0.1) is 0 Å². The third kappa shape index (κ3) is 4.82. The highest BCUT2D eigenvalue weighted by Crippen LogP contribution is 2.41. The molecule has 0 spiro atoms. The molecule has 0 bridgehead atoms. The predicted molar refractivity (Wildman–Crippen MR) is 166 cm³/mol. The highest BCUT2D eigenvalue weighted by Gasteiger charge is 2.32. The van der Waals surface area contributed by atoms with Crippen LogP contribution in [0.4, 0.5) is 0 Å². The third-order valence-electron chi connectivity index (χ3n) is 8.34. The smallest absolute Gasteiger partial charge is 0.257 e. The topological polar surface area (TPSA) is 75.6 Å². The first-order valence-corrected chi connectivity index (χ1v) is 15.4. The Balaban J connectivity index is 1.40. The Morgan fingerprint density at radius 2 is 1.81 bits per heavy atom. The molecule has 1 atom stereocenters. The van der Waals surface area contributed by atoms with E-state index >= 15 is 0 Å². The molecule has 42 heavy (non-hydrogen) atoms. The molecule has 9 heteroatoms. The van der Waals surface area contributed by atoms with Crippen LogP contribution in [0.1, 0.15) is 27.7 Å². The molecule has 1 amide bonds. The van der Waals surface area contributed by atoms with Crippen molar-refractivity contribution >= 4 is 28.4 Å². The van der Waals surface area contributed by atoms with Gasteiger partial charge in [-0.1, -0.05) is 48.5 Å². The Kier molecular flexibility index (Phi) is 7.13. The Labute approximate surface area is 249 Å². The number of thioether (sulfide) groups is 1. The molecule has 2 aliphatic heterocycles. The maximum atomic E-state index is 14.5. The summed E-state index contributed by atoms with van der Waals surface area (Å²) in [6, 6.07) is 20.7. The fraction of sp³-hybridized carbons (Fsp3) is 0.273. The molecule has 1 unspecified atom stereocenters. The first kappa shape index (κ1) is 26.7. The van der Waals surface area contributed by atoms with E-state index in [0.717, 1.165) is 68.3 Å². The summed E-state index contributed by atoms with van der Waals surface area (Å²) in [5.41, 5.74) is 4.86. The molecule has 1 fully saturated rings. The number of imidazole rings is 1. The number of hydrogen-bond donors (Lipinski definition) is 1. The van der Waals surface area contributed by atoms with Gasteiger partial charge in [-0.15, -0.1) is 11.8 Å². The number of aromatic nitrogens is 3. The van der Waals surface area contributed by atoms with Gasteiger partial charge in [0.2, 0.25) is 6.79 Å². The van der Waals surface area contributed by atoms with Crippen molar-refractivity contribution in [3.05, 3.63) is 96.2 Å². The molecule has 2 aliphatic rings. The number of H-pyrrole nitrogens is 1. The van der Waals surface area contributed by atoms with Crippen LogP contribution in [0.2, 0.25) is 0 Å². The van der Waals surface area contributed by atoms with E-state index in [1.807, 2.05) is 17.2 Å². The molecule has 0 radical (unpaired) electrons. The fourth-order valence-electron chi connectivity index (χ4n) is 6.08. The van der Waals surface area contributed by atoms with E-state index in [1.54, 1.807) is 18.1 Å². The maximum absolute atomic E-state index is 14.5. The van der Waals surface area contributed by atoms with Gasteiger partial charge in [-0.2, -0.15) is 0 Å². The Bertz CT molecular complexity index is 1740. The number of nitrogens with one attached hydrogen (secondary N) is 1. The number of hydrogen-bond acceptors (Lipinski definition) is 6. The number of benzene rings is 3. The van der Waals surface area contributed by atoms with E-state index in [1.165, 1.54) is 0 Å². The fourth-order valence-corrected chi connectivity index (χ4v) is 6.87. The van der Waals surface area contributed by atoms with Crippen LogP contribution in [0.15, 0.2) is 84.4 Å². The Hall–Kier alpha value is -4.21. The van der Waals surface area contributed by atoms with Crippen molar-refractivity contribution in [3.8, 4) is 22.6 Å². The summed E-state index contributed by atoms with van der Waals surface area (Å²) in [6.45, 7) is 3.40. The predicted octanol–water partition coefficient (Wildman–Crippen LogP) is 5.70.